The van der Waals surface area contributed by atoms with Gasteiger partial charge in [-0.2, -0.15) is 0 Å². The maximum absolute atomic E-state index is 12.7. The third-order valence-corrected chi connectivity index (χ3v) is 7.71. The molecule has 0 aliphatic heterocycles. The van der Waals surface area contributed by atoms with Crippen LogP contribution in [0.1, 0.15) is 62.7 Å². The number of hydrogen-bond acceptors (Lipinski definition) is 7. The molecule has 0 atom stereocenters. The van der Waals surface area contributed by atoms with Crippen LogP contribution in [-0.4, -0.2) is 22.6 Å². The van der Waals surface area contributed by atoms with Gasteiger partial charge in [0, 0.05) is 23.3 Å². The number of ether oxygens (including phenoxy) is 3. The van der Waals surface area contributed by atoms with Crippen LogP contribution in [0.5, 0.6) is 5.75 Å². The lowest BCUT2D eigenvalue weighted by atomic mass is 9.90. The lowest BCUT2D eigenvalue weighted by Gasteiger charge is -2.16. The van der Waals surface area contributed by atoms with Gasteiger partial charge in [0.25, 0.3) is 0 Å². The first-order valence-electron chi connectivity index (χ1n) is 14.7. The number of rotatable bonds is 12. The average Bonchev–Trinajstić information content (AvgIpc) is 3.09. The number of allylic oxidation sites excluding steroid dienone is 4. The van der Waals surface area contributed by atoms with Crippen LogP contribution in [0.3, 0.4) is 0 Å². The first-order valence-corrected chi connectivity index (χ1v) is 15.1. The molecule has 226 valence electrons. The number of Topliss-reactive ketones (excluding diaryl/α,β-unsaturated/α-hetero) is 1. The van der Waals surface area contributed by atoms with Crippen molar-refractivity contribution in [2.75, 3.05) is 0 Å². The van der Waals surface area contributed by atoms with Gasteiger partial charge >= 0.3 is 11.9 Å². The summed E-state index contributed by atoms with van der Waals surface area (Å²) in [6.45, 7) is 2.12. The molecule has 0 amide bonds. The van der Waals surface area contributed by atoms with E-state index in [2.05, 4.69) is 0 Å². The van der Waals surface area contributed by atoms with E-state index in [0.717, 1.165) is 22.3 Å². The highest BCUT2D eigenvalue weighted by Gasteiger charge is 2.19. The zero-order chi connectivity index (χ0) is 31.6. The summed E-state index contributed by atoms with van der Waals surface area (Å²) >= 11 is 5.52. The molecule has 0 saturated heterocycles. The summed E-state index contributed by atoms with van der Waals surface area (Å²) in [5.41, 5.74) is 5.80. The molecule has 4 aromatic rings. The van der Waals surface area contributed by atoms with E-state index in [1.165, 1.54) is 0 Å². The molecule has 5 rings (SSSR count). The number of carbonyl (C=O) groups is 3. The van der Waals surface area contributed by atoms with Crippen molar-refractivity contribution in [1.29, 1.82) is 0 Å². The Hall–Kier alpha value is -5.14. The molecule has 1 aliphatic rings. The molecule has 0 bridgehead atoms. The van der Waals surface area contributed by atoms with E-state index in [1.54, 1.807) is 48.5 Å². The maximum Gasteiger partial charge on any atom is 0.338 e. The fraction of sp³-hybridized carbons (Fsp3) is 0.158. The number of ketones is 1. The van der Waals surface area contributed by atoms with Crippen LogP contribution < -0.4 is 4.74 Å². The molecule has 0 spiro atoms. The topological polar surface area (TPSA) is 78.9 Å². The van der Waals surface area contributed by atoms with Gasteiger partial charge in [0.2, 0.25) is 0 Å². The Morgan fingerprint density at radius 1 is 0.689 bits per heavy atom. The van der Waals surface area contributed by atoms with Crippen molar-refractivity contribution in [2.45, 2.75) is 39.6 Å². The molecule has 0 saturated carbocycles. The van der Waals surface area contributed by atoms with Gasteiger partial charge in [-0.25, -0.2) is 9.59 Å². The highest BCUT2D eigenvalue weighted by molar-refractivity contribution is 7.81. The molecular weight excluding hydrogens is 584 g/mol. The van der Waals surface area contributed by atoms with E-state index < -0.39 is 11.9 Å². The Bertz CT molecular complexity index is 1770. The summed E-state index contributed by atoms with van der Waals surface area (Å²) in [5, 5.41) is 0. The Balaban J connectivity index is 1.30. The van der Waals surface area contributed by atoms with Crippen LogP contribution in [0.15, 0.2) is 121 Å². The van der Waals surface area contributed by atoms with Crippen LogP contribution >= 0.6 is 12.2 Å². The van der Waals surface area contributed by atoms with Gasteiger partial charge < -0.3 is 14.2 Å². The van der Waals surface area contributed by atoms with Crippen molar-refractivity contribution < 1.29 is 28.6 Å². The molecule has 0 fully saturated rings. The van der Waals surface area contributed by atoms with Crippen LogP contribution in [0.4, 0.5) is 0 Å². The summed E-state index contributed by atoms with van der Waals surface area (Å²) in [5.74, 6) is -0.148. The van der Waals surface area contributed by atoms with Crippen molar-refractivity contribution in [1.82, 2.24) is 0 Å². The number of esters is 2. The van der Waals surface area contributed by atoms with Gasteiger partial charge in [0.05, 0.1) is 11.1 Å². The third kappa shape index (κ3) is 8.28. The average molecular weight is 617 g/mol. The second kappa shape index (κ2) is 15.0. The summed E-state index contributed by atoms with van der Waals surface area (Å²) in [6, 6.07) is 30.9. The lowest BCUT2D eigenvalue weighted by Crippen LogP contribution is -2.13. The second-order valence-corrected chi connectivity index (χ2v) is 10.9. The van der Waals surface area contributed by atoms with E-state index in [9.17, 15) is 14.4 Å². The molecule has 45 heavy (non-hydrogen) atoms. The minimum Gasteiger partial charge on any atom is -0.489 e. The number of benzene rings is 4. The molecule has 0 radical (unpaired) electrons. The quantitative estimate of drug-likeness (QED) is 0.118. The van der Waals surface area contributed by atoms with Crippen molar-refractivity contribution in [3.05, 3.63) is 154 Å². The summed E-state index contributed by atoms with van der Waals surface area (Å²) in [7, 11) is 0. The van der Waals surface area contributed by atoms with Crippen molar-refractivity contribution >= 4 is 40.4 Å². The molecule has 1 aliphatic carbocycles. The fourth-order valence-electron chi connectivity index (χ4n) is 4.84. The molecule has 0 aromatic heterocycles. The number of thiocarbonyl (C=S) groups is 1. The smallest absolute Gasteiger partial charge is 0.338 e. The normalized spacial score (nSPS) is 12.5. The first-order chi connectivity index (χ1) is 21.9. The molecule has 0 heterocycles. The van der Waals surface area contributed by atoms with Gasteiger partial charge in [-0.3, -0.25) is 4.79 Å². The highest BCUT2D eigenvalue weighted by Crippen LogP contribution is 2.29. The lowest BCUT2D eigenvalue weighted by molar-refractivity contribution is -0.114. The van der Waals surface area contributed by atoms with Crippen LogP contribution in [-0.2, 0) is 34.1 Å². The van der Waals surface area contributed by atoms with Gasteiger partial charge in [0.15, 0.2) is 5.78 Å². The molecule has 0 N–H and O–H groups in total. The predicted octanol–water partition coefficient (Wildman–Crippen LogP) is 8.04. The van der Waals surface area contributed by atoms with Crippen LogP contribution in [0, 0.1) is 0 Å². The van der Waals surface area contributed by atoms with Gasteiger partial charge in [-0.05, 0) is 76.4 Å². The largest absolute Gasteiger partial charge is 0.489 e. The third-order valence-electron chi connectivity index (χ3n) is 7.34. The Kier molecular flexibility index (Phi) is 10.5. The van der Waals surface area contributed by atoms with Crippen molar-refractivity contribution in [2.24, 2.45) is 0 Å². The number of carbonyl (C=O) groups excluding carboxylic acids is 3. The van der Waals surface area contributed by atoms with Crippen LogP contribution in [0.2, 0.25) is 0 Å². The number of hydrogen-bond donors (Lipinski definition) is 0. The van der Waals surface area contributed by atoms with E-state index in [4.69, 9.17) is 26.4 Å². The van der Waals surface area contributed by atoms with E-state index >= 15 is 0 Å². The molecule has 4 aromatic carbocycles. The summed E-state index contributed by atoms with van der Waals surface area (Å²) in [6.07, 6.45) is 4.71. The van der Waals surface area contributed by atoms with E-state index in [0.29, 0.717) is 45.7 Å². The Labute approximate surface area is 268 Å². The predicted molar refractivity (Wildman–Crippen MR) is 177 cm³/mol. The zero-order valence-electron chi connectivity index (χ0n) is 24.9. The van der Waals surface area contributed by atoms with Gasteiger partial charge in [-0.15, -0.1) is 0 Å². The second-order valence-electron chi connectivity index (χ2n) is 10.5. The molecule has 0 unspecified atom stereocenters. The maximum atomic E-state index is 12.7. The SMILES string of the molecule is CCC(=O)C1=CC=C(c2cccc(OCc3ccc(COC(=O)c4ccccc4)c(COC(=O)c4ccccc4)c3)c2)CC1=S. The summed E-state index contributed by atoms with van der Waals surface area (Å²) < 4.78 is 17.3. The summed E-state index contributed by atoms with van der Waals surface area (Å²) in [4.78, 5) is 38.0. The van der Waals surface area contributed by atoms with Crippen molar-refractivity contribution in [3.8, 4) is 5.75 Å². The molecule has 7 heteroatoms. The van der Waals surface area contributed by atoms with Gasteiger partial charge in [0.1, 0.15) is 25.6 Å². The Morgan fingerprint density at radius 3 is 1.96 bits per heavy atom. The first kappa shape index (κ1) is 31.3. The zero-order valence-corrected chi connectivity index (χ0v) is 25.7. The monoisotopic (exact) mass is 616 g/mol. The van der Waals surface area contributed by atoms with E-state index in [1.807, 2.05) is 73.7 Å². The fourth-order valence-corrected chi connectivity index (χ4v) is 5.18. The molecular formula is C38H32O6S. The Morgan fingerprint density at radius 2 is 1.33 bits per heavy atom. The molecule has 6 nitrogen and oxygen atoms in total. The van der Waals surface area contributed by atoms with Crippen LogP contribution in [0.25, 0.3) is 5.57 Å². The van der Waals surface area contributed by atoms with Gasteiger partial charge in [-0.1, -0.05) is 85.9 Å². The van der Waals surface area contributed by atoms with E-state index in [-0.39, 0.29) is 25.6 Å². The van der Waals surface area contributed by atoms with Crippen molar-refractivity contribution in [3.63, 3.8) is 0 Å². The minimum absolute atomic E-state index is 0.000617. The minimum atomic E-state index is -0.446. The highest BCUT2D eigenvalue weighted by atomic mass is 32.1. The standard InChI is InChI=1S/C38H32O6S/c1-2-35(39)34-19-18-30(22-36(34)45)29-14-9-15-33(21-29)42-23-26-16-17-31(24-43-37(40)27-10-5-3-6-11-27)32(20-26)25-44-38(41)28-12-7-4-8-13-28/h3-21H,2,22-25H2,1H3.